The number of carbonyl (C=O) groups excluding carboxylic acids is 1. The van der Waals surface area contributed by atoms with Crippen LogP contribution >= 0.6 is 0 Å². The molecule has 2 fully saturated rings. The van der Waals surface area contributed by atoms with E-state index in [-0.39, 0.29) is 5.41 Å². The van der Waals surface area contributed by atoms with Crippen LogP contribution in [0, 0.1) is 5.41 Å². The van der Waals surface area contributed by atoms with Crippen molar-refractivity contribution in [3.8, 4) is 11.1 Å². The fourth-order valence-electron chi connectivity index (χ4n) is 3.60. The number of hydrogen-bond acceptors (Lipinski definition) is 2. The molecule has 0 atom stereocenters. The second-order valence-corrected chi connectivity index (χ2v) is 6.24. The highest BCUT2D eigenvalue weighted by Crippen LogP contribution is 2.49. The molecule has 1 amide bonds. The van der Waals surface area contributed by atoms with E-state index in [9.17, 15) is 4.79 Å². The maximum Gasteiger partial charge on any atom is 0.229 e. The van der Waals surface area contributed by atoms with E-state index in [2.05, 4.69) is 22.3 Å². The van der Waals surface area contributed by atoms with Gasteiger partial charge in [-0.2, -0.15) is 5.10 Å². The van der Waals surface area contributed by atoms with Crippen molar-refractivity contribution < 1.29 is 4.79 Å². The number of nitrogens with zero attached hydrogens (tertiary/aromatic N) is 2. The highest BCUT2D eigenvalue weighted by atomic mass is 16.2. The minimum absolute atomic E-state index is 0.00701. The Labute approximate surface area is 124 Å². The molecule has 1 saturated carbocycles. The van der Waals surface area contributed by atoms with Crippen molar-refractivity contribution in [2.75, 3.05) is 6.54 Å². The third kappa shape index (κ3) is 1.97. The van der Waals surface area contributed by atoms with Gasteiger partial charge in [-0.1, -0.05) is 36.8 Å². The first-order valence-corrected chi connectivity index (χ1v) is 7.66. The highest BCUT2D eigenvalue weighted by Gasteiger charge is 2.50. The van der Waals surface area contributed by atoms with Crippen molar-refractivity contribution in [2.24, 2.45) is 5.41 Å². The third-order valence-corrected chi connectivity index (χ3v) is 5.06. The summed E-state index contributed by atoms with van der Waals surface area (Å²) in [6.45, 7) is 1.52. The van der Waals surface area contributed by atoms with Crippen LogP contribution in [-0.4, -0.2) is 27.5 Å². The van der Waals surface area contributed by atoms with Crippen LogP contribution in [0.25, 0.3) is 11.1 Å². The molecule has 0 unspecified atom stereocenters. The predicted molar refractivity (Wildman–Crippen MR) is 80.3 cm³/mol. The molecule has 108 valence electrons. The number of hydrogen-bond donors (Lipinski definition) is 1. The van der Waals surface area contributed by atoms with Crippen LogP contribution in [0.15, 0.2) is 36.5 Å². The van der Waals surface area contributed by atoms with Crippen molar-refractivity contribution in [1.29, 1.82) is 0 Å². The summed E-state index contributed by atoms with van der Waals surface area (Å²) >= 11 is 0. The van der Waals surface area contributed by atoms with E-state index in [0.29, 0.717) is 12.5 Å². The zero-order chi connectivity index (χ0) is 14.3. The van der Waals surface area contributed by atoms with Gasteiger partial charge in [0.2, 0.25) is 5.91 Å². The number of nitrogens with one attached hydrogen (secondary N) is 1. The Morgan fingerprint density at radius 2 is 2.00 bits per heavy atom. The lowest BCUT2D eigenvalue weighted by Gasteiger charge is -2.36. The molecule has 0 bridgehead atoms. The van der Waals surface area contributed by atoms with Crippen LogP contribution in [0.1, 0.15) is 31.4 Å². The molecular formula is C17H19N3O. The molecular weight excluding hydrogens is 262 g/mol. The van der Waals surface area contributed by atoms with Crippen LogP contribution in [0.3, 0.4) is 0 Å². The van der Waals surface area contributed by atoms with Gasteiger partial charge in [-0.3, -0.25) is 9.89 Å². The number of carbonyl (C=O) groups is 1. The minimum atomic E-state index is -0.00701. The Hall–Kier alpha value is -2.10. The van der Waals surface area contributed by atoms with Crippen molar-refractivity contribution in [3.05, 3.63) is 42.2 Å². The van der Waals surface area contributed by atoms with Crippen LogP contribution < -0.4 is 0 Å². The second kappa shape index (κ2) is 4.72. The average Bonchev–Trinajstić information content (AvgIpc) is 3.06. The van der Waals surface area contributed by atoms with E-state index >= 15 is 0 Å². The number of H-pyrrole nitrogens is 1. The largest absolute Gasteiger partial charge is 0.336 e. The van der Waals surface area contributed by atoms with Gasteiger partial charge in [-0.15, -0.1) is 0 Å². The van der Waals surface area contributed by atoms with E-state index in [1.54, 1.807) is 0 Å². The zero-order valence-electron chi connectivity index (χ0n) is 12.0. The van der Waals surface area contributed by atoms with Gasteiger partial charge in [-0.25, -0.2) is 0 Å². The molecule has 1 aromatic carbocycles. The first-order valence-electron chi connectivity index (χ1n) is 7.66. The lowest BCUT2D eigenvalue weighted by molar-refractivity contribution is -0.140. The van der Waals surface area contributed by atoms with Gasteiger partial charge in [0.25, 0.3) is 0 Å². The molecule has 4 nitrogen and oxygen atoms in total. The van der Waals surface area contributed by atoms with Gasteiger partial charge in [0.15, 0.2) is 0 Å². The summed E-state index contributed by atoms with van der Waals surface area (Å²) in [6, 6.07) is 10.2. The summed E-state index contributed by atoms with van der Waals surface area (Å²) < 4.78 is 0. The maximum absolute atomic E-state index is 12.6. The topological polar surface area (TPSA) is 49.0 Å². The number of aromatic amines is 1. The molecule has 1 N–H and O–H groups in total. The van der Waals surface area contributed by atoms with Crippen LogP contribution in [0.2, 0.25) is 0 Å². The molecule has 2 heterocycles. The Bertz CT molecular complexity index is 658. The second-order valence-electron chi connectivity index (χ2n) is 6.24. The molecule has 2 aliphatic rings. The Balaban J connectivity index is 1.56. The van der Waals surface area contributed by atoms with Crippen LogP contribution in [0.4, 0.5) is 0 Å². The highest BCUT2D eigenvalue weighted by molar-refractivity contribution is 5.85. The van der Waals surface area contributed by atoms with E-state index in [1.165, 1.54) is 6.42 Å². The summed E-state index contributed by atoms with van der Waals surface area (Å²) in [4.78, 5) is 14.6. The molecule has 21 heavy (non-hydrogen) atoms. The minimum Gasteiger partial charge on any atom is -0.336 e. The van der Waals surface area contributed by atoms with E-state index in [1.807, 2.05) is 29.3 Å². The van der Waals surface area contributed by atoms with E-state index in [0.717, 1.165) is 42.6 Å². The molecule has 4 heteroatoms. The first kappa shape index (κ1) is 12.6. The molecule has 1 aromatic heterocycles. The smallest absolute Gasteiger partial charge is 0.229 e. The lowest BCUT2D eigenvalue weighted by Crippen LogP contribution is -2.39. The number of aromatic nitrogens is 2. The Morgan fingerprint density at radius 3 is 2.67 bits per heavy atom. The molecule has 0 radical (unpaired) electrons. The van der Waals surface area contributed by atoms with Crippen molar-refractivity contribution in [2.45, 2.75) is 32.2 Å². The molecule has 4 rings (SSSR count). The molecule has 2 aromatic rings. The maximum atomic E-state index is 12.6. The first-order chi connectivity index (χ1) is 10.3. The van der Waals surface area contributed by atoms with Crippen LogP contribution in [0.5, 0.6) is 0 Å². The average molecular weight is 281 g/mol. The van der Waals surface area contributed by atoms with E-state index < -0.39 is 0 Å². The molecule has 1 spiro atoms. The summed E-state index contributed by atoms with van der Waals surface area (Å²) in [6.07, 6.45) is 6.25. The van der Waals surface area contributed by atoms with Gasteiger partial charge < -0.3 is 4.90 Å². The zero-order valence-corrected chi connectivity index (χ0v) is 12.0. The Morgan fingerprint density at radius 1 is 1.19 bits per heavy atom. The predicted octanol–water partition coefficient (Wildman–Crippen LogP) is 2.98. The van der Waals surface area contributed by atoms with Gasteiger partial charge in [0.05, 0.1) is 23.9 Å². The van der Waals surface area contributed by atoms with Crippen molar-refractivity contribution >= 4 is 5.91 Å². The molecule has 1 aliphatic carbocycles. The summed E-state index contributed by atoms with van der Waals surface area (Å²) in [5, 5.41) is 7.24. The third-order valence-electron chi connectivity index (χ3n) is 5.06. The van der Waals surface area contributed by atoms with Gasteiger partial charge in [0.1, 0.15) is 0 Å². The molecule has 1 saturated heterocycles. The SMILES string of the molecule is O=C1N(Cc2[nH]ncc2-c2ccccc2)CCC12CCC2. The monoisotopic (exact) mass is 281 g/mol. The number of rotatable bonds is 3. The van der Waals surface area contributed by atoms with Gasteiger partial charge in [-0.05, 0) is 24.8 Å². The summed E-state index contributed by atoms with van der Waals surface area (Å²) in [7, 11) is 0. The normalized spacial score (nSPS) is 20.0. The van der Waals surface area contributed by atoms with E-state index in [4.69, 9.17) is 0 Å². The quantitative estimate of drug-likeness (QED) is 0.940. The van der Waals surface area contributed by atoms with Gasteiger partial charge in [0, 0.05) is 12.1 Å². The number of benzene rings is 1. The fraction of sp³-hybridized carbons (Fsp3) is 0.412. The number of likely N-dealkylation sites (tertiary alicyclic amines) is 1. The number of amides is 1. The standard InChI is InChI=1S/C17H19N3O/c21-16-17(7-4-8-17)9-10-20(16)12-15-14(11-18-19-15)13-5-2-1-3-6-13/h1-3,5-6,11H,4,7-10,12H2,(H,18,19). The molecule has 1 aliphatic heterocycles. The summed E-state index contributed by atoms with van der Waals surface area (Å²) in [5.74, 6) is 0.349. The van der Waals surface area contributed by atoms with Crippen molar-refractivity contribution in [1.82, 2.24) is 15.1 Å². The van der Waals surface area contributed by atoms with Crippen LogP contribution in [-0.2, 0) is 11.3 Å². The summed E-state index contributed by atoms with van der Waals surface area (Å²) in [5.41, 5.74) is 3.27. The lowest BCUT2D eigenvalue weighted by atomic mass is 9.68. The van der Waals surface area contributed by atoms with Gasteiger partial charge >= 0.3 is 0 Å². The fourth-order valence-corrected chi connectivity index (χ4v) is 3.60. The Kier molecular flexibility index (Phi) is 2.84. The van der Waals surface area contributed by atoms with Crippen molar-refractivity contribution in [3.63, 3.8) is 0 Å².